The molecule has 7 aromatic carbocycles. The van der Waals surface area contributed by atoms with E-state index in [2.05, 4.69) is 77.2 Å². The van der Waals surface area contributed by atoms with Gasteiger partial charge in [0.1, 0.15) is 57.8 Å². The summed E-state index contributed by atoms with van der Waals surface area (Å²) in [6.45, 7) is 8.79. The highest BCUT2D eigenvalue weighted by atomic mass is 35.5. The van der Waals surface area contributed by atoms with Gasteiger partial charge in [-0.1, -0.05) is 134 Å². The molecule has 0 spiro atoms. The Morgan fingerprint density at radius 1 is 0.641 bits per heavy atom. The van der Waals surface area contributed by atoms with E-state index in [9.17, 15) is 116 Å². The number of carboxylic acids is 2. The molecule has 1 aliphatic carbocycles. The number of aromatic carboxylic acids is 2. The van der Waals surface area contributed by atoms with Crippen LogP contribution in [0.1, 0.15) is 181 Å². The predicted octanol–water partition coefficient (Wildman–Crippen LogP) is 10.1. The number of phenolic OH excluding ortho intramolecular Hbond substituents is 1. The molecule has 4 aliphatic heterocycles. The lowest BCUT2D eigenvalue weighted by molar-refractivity contribution is -0.255. The predicted molar refractivity (Wildman–Crippen MR) is 513 cm³/mol. The summed E-state index contributed by atoms with van der Waals surface area (Å²) in [5, 5.41) is 71.6. The molecule has 0 radical (unpaired) electrons. The van der Waals surface area contributed by atoms with Crippen LogP contribution in [0.25, 0.3) is 45.6 Å². The number of fused-ring (bicyclic) bond motifs is 4. The van der Waals surface area contributed by atoms with Crippen LogP contribution in [-0.4, -0.2) is 152 Å². The van der Waals surface area contributed by atoms with Crippen LogP contribution in [0.3, 0.4) is 0 Å². The van der Waals surface area contributed by atoms with Gasteiger partial charge in [-0.25, -0.2) is 41.8 Å². The van der Waals surface area contributed by atoms with Crippen molar-refractivity contribution in [3.63, 3.8) is 0 Å². The molecule has 2 aromatic heterocycles. The van der Waals surface area contributed by atoms with Crippen molar-refractivity contribution in [2.75, 3.05) is 25.6 Å². The number of Topliss-reactive ketones (excluding diaryl/α,β-unsaturated/α-hetero) is 2. The Bertz CT molecular complexity index is 7740. The molecule has 16 N–H and O–H groups in total. The van der Waals surface area contributed by atoms with E-state index in [0.717, 1.165) is 26.5 Å². The highest BCUT2D eigenvalue weighted by molar-refractivity contribution is 7.67. The number of aliphatic hydroxyl groups excluding tert-OH is 3. The van der Waals surface area contributed by atoms with E-state index >= 15 is 0 Å². The van der Waals surface area contributed by atoms with Crippen molar-refractivity contribution in [3.05, 3.63) is 292 Å². The van der Waals surface area contributed by atoms with E-state index in [-0.39, 0.29) is 141 Å². The second kappa shape index (κ2) is 45.8. The van der Waals surface area contributed by atoms with E-state index in [1.165, 1.54) is 54.7 Å². The van der Waals surface area contributed by atoms with Gasteiger partial charge in [-0.2, -0.15) is 22.2 Å². The number of phosphoric acid groups is 6. The summed E-state index contributed by atoms with van der Waals surface area (Å²) >= 11 is 13.0. The molecular formula is C92H89Cl2N6O39P6-. The van der Waals surface area contributed by atoms with Gasteiger partial charge in [0.2, 0.25) is 5.43 Å². The Hall–Kier alpha value is -11.5. The lowest BCUT2D eigenvalue weighted by Crippen LogP contribution is -2.34. The average Bonchev–Trinajstić information content (AvgIpc) is 1.02. The zero-order valence-electron chi connectivity index (χ0n) is 76.3. The van der Waals surface area contributed by atoms with Crippen molar-refractivity contribution in [2.24, 2.45) is 5.92 Å². The van der Waals surface area contributed by atoms with Crippen LogP contribution in [0.15, 0.2) is 176 Å². The number of aromatic hydroxyl groups is 1. The number of nitrogens with zero attached hydrogens (tertiary/aromatic N) is 3. The first-order valence-electron chi connectivity index (χ1n) is 43.2. The number of benzene rings is 8. The highest BCUT2D eigenvalue weighted by Gasteiger charge is 2.46. The molecule has 145 heavy (non-hydrogen) atoms. The maximum absolute atomic E-state index is 13.7. The van der Waals surface area contributed by atoms with Crippen LogP contribution in [0.2, 0.25) is 10.0 Å². The normalized spacial score (nSPS) is 18.2. The summed E-state index contributed by atoms with van der Waals surface area (Å²) in [6, 6.07) is 37.6. The molecule has 5 aliphatic rings. The number of hydrogen-bond donors (Lipinski definition) is 16. The van der Waals surface area contributed by atoms with Gasteiger partial charge in [-0.05, 0) is 138 Å². The van der Waals surface area contributed by atoms with Gasteiger partial charge in [0.25, 0.3) is 5.56 Å². The van der Waals surface area contributed by atoms with Crippen LogP contribution in [-0.2, 0) is 87.6 Å². The summed E-state index contributed by atoms with van der Waals surface area (Å²) in [4.78, 5) is 183. The minimum atomic E-state index is -5.81. The van der Waals surface area contributed by atoms with Crippen LogP contribution < -0.4 is 53.3 Å². The average molecular weight is 2160 g/mol. The number of rotatable bonds is 37. The molecule has 0 amide bonds. The minimum Gasteiger partial charge on any atom is -0.545 e. The number of carboxylic acid groups (broad SMARTS) is 2. The number of ether oxygens (including phenoxy) is 4. The number of aryl methyl sites for hydroxylation is 1. The van der Waals surface area contributed by atoms with Crippen molar-refractivity contribution in [1.82, 2.24) is 24.4 Å². The SMILES string of the molecule is C=c1ccc2c(c1)Oc1cc(CNC)ccc1C=2c1cc(C(=O)CCC#Cc2ccc(C(C)Nc3ccn([C@H]4CC(O)[C@@H](COP(=O)(O)OP(=O)(O)OP(=O)(O)O)O4)c(=O)n3)cc2)ccc1C(=O)[O-].Cc1cc2c(-c3cc(C(=O)CCC#Cc4ccc(C(OCc5cn([C@H]6CC(O)[C@@H](COP(=O)(O)OP(=O)(O)OP(=O)(O)O)O6)c(=O)[nH]c5=O)C(C)C)cc4)ccc3C(=O)O)c3cc(CO)c(=O)c(Cl)c-3oc2c(Cl)c1O. The van der Waals surface area contributed by atoms with Crippen molar-refractivity contribution in [1.29, 1.82) is 0 Å². The molecule has 0 bridgehead atoms. The molecular weight excluding hydrogens is 2070 g/mol. The first-order chi connectivity index (χ1) is 68.2. The molecule has 2 saturated heterocycles. The van der Waals surface area contributed by atoms with E-state index in [1.807, 2.05) is 64.2 Å². The van der Waals surface area contributed by atoms with Crippen LogP contribution in [0.4, 0.5) is 5.82 Å². The summed E-state index contributed by atoms with van der Waals surface area (Å²) < 4.78 is 125. The number of aromatic amines is 1. The fourth-order valence-electron chi connectivity index (χ4n) is 15.7. The van der Waals surface area contributed by atoms with Gasteiger partial charge < -0.3 is 109 Å². The maximum Gasteiger partial charge on any atom is 0.490 e. The number of hydrogen-bond acceptors (Lipinski definition) is 33. The molecule has 14 rings (SSSR count). The number of H-pyrrole nitrogens is 1. The van der Waals surface area contributed by atoms with Gasteiger partial charge >= 0.3 is 64.3 Å². The standard InChI is InChI=1S/C47H45Cl2N2O22P3.C45H45N4O17P3/c1-22(2)42(68-20-28-18-51(47(60)50-45(28)57)36-17-34(54)35(70-36)21-69-75(64,65)73-76(66,67)72-74(61,62)63)25-10-8-24(9-11-25)6-4-5-7-33(53)26-12-13-29(46(58)59)30(15-26)37-31-14-23(3)40(55)38(48)43(31)71-44-32(37)16-27(19-52)41(56)39(44)49;1-26-8-15-33-38(20-26)63-39-21-29(24-46-3)11-16-34(39)43(33)35-22-31(14-17-32(35)44(52)53)36(50)7-5-4-6-28-9-12-30(13-10-28)27(2)47-41-18-19-49(45(54)48-41)42-23-37(51)40(64-42)25-62-68(58,59)66-69(60,61)65-67(55,56)57/h8-16,18,22,34-36,42,52,54-55H,5,7,17,19-21H2,1-3H3,(H,58,59)(H,64,65)(H,66,67)(H,50,57,60)(H2,61,62,63);8-22,27,37,40,42,46,51H,1,5,7,23-25H2,2-3H3,(H,52,53)(H,58,59)(H,60,61)(H,47,48,54)(H2,55,56,57)/p-1/t34?,35-,36-,42?;27?,37?,40-,42-/m11/s1. The number of aromatic nitrogens is 4. The molecule has 12 atom stereocenters. The van der Waals surface area contributed by atoms with E-state index in [0.29, 0.717) is 73.0 Å². The van der Waals surface area contributed by atoms with Crippen molar-refractivity contribution >= 4 is 123 Å². The second-order valence-electron chi connectivity index (χ2n) is 33.2. The number of aliphatic hydroxyl groups is 3. The smallest absolute Gasteiger partial charge is 0.490 e. The lowest BCUT2D eigenvalue weighted by atomic mass is 9.87. The third kappa shape index (κ3) is 27.7. The summed E-state index contributed by atoms with van der Waals surface area (Å²) in [5.74, 6) is 9.25. The van der Waals surface area contributed by atoms with Crippen molar-refractivity contribution in [2.45, 2.75) is 135 Å². The van der Waals surface area contributed by atoms with E-state index < -0.39 is 155 Å². The number of halogens is 2. The van der Waals surface area contributed by atoms with E-state index in [1.54, 1.807) is 61.5 Å². The molecule has 766 valence electrons. The first kappa shape index (κ1) is 111. The summed E-state index contributed by atoms with van der Waals surface area (Å²) in [6.07, 6.45) is -6.37. The third-order valence-corrected chi connectivity index (χ3v) is 30.7. The zero-order valence-corrected chi connectivity index (χ0v) is 83.2. The summed E-state index contributed by atoms with van der Waals surface area (Å²) in [7, 11) is -32.0. The Morgan fingerprint density at radius 3 is 1.74 bits per heavy atom. The lowest BCUT2D eigenvalue weighted by Gasteiger charge is -2.24. The number of carbonyl (C=O) groups excluding carboxylic acids is 3. The van der Waals surface area contributed by atoms with Gasteiger partial charge in [0.15, 0.2) is 22.9 Å². The van der Waals surface area contributed by atoms with Gasteiger partial charge in [-0.15, -0.1) is 0 Å². The molecule has 45 nitrogen and oxygen atoms in total. The Kier molecular flexibility index (Phi) is 35.0. The van der Waals surface area contributed by atoms with Crippen LogP contribution in [0.5, 0.6) is 17.2 Å². The molecule has 8 unspecified atom stereocenters. The van der Waals surface area contributed by atoms with Gasteiger partial charge in [-0.3, -0.25) is 42.3 Å². The number of phosphoric ester groups is 2. The fourth-order valence-corrected chi connectivity index (χ4v) is 22.4. The van der Waals surface area contributed by atoms with Gasteiger partial charge in [0.05, 0.1) is 61.8 Å². The van der Waals surface area contributed by atoms with Gasteiger partial charge in [0, 0.05) is 130 Å². The molecule has 53 heteroatoms. The van der Waals surface area contributed by atoms with E-state index in [4.69, 9.17) is 66.1 Å². The van der Waals surface area contributed by atoms with Crippen molar-refractivity contribution < 1.29 is 166 Å². The quantitative estimate of drug-likeness (QED) is 0.00744. The Morgan fingerprint density at radius 2 is 1.20 bits per heavy atom. The number of carbonyl (C=O) groups is 4. The number of phenols is 1. The summed E-state index contributed by atoms with van der Waals surface area (Å²) in [5.41, 5.74) is 2.50. The Labute approximate surface area is 830 Å². The maximum atomic E-state index is 13.7. The fraction of sp³-hybridized carbons (Fsp3) is 0.272. The topological polar surface area (TPSA) is 693 Å². The first-order valence-corrected chi connectivity index (χ1v) is 53.0. The number of anilines is 1. The number of ketones is 2. The third-order valence-electron chi connectivity index (χ3n) is 22.5. The van der Waals surface area contributed by atoms with Crippen LogP contribution >= 0.6 is 70.1 Å². The van der Waals surface area contributed by atoms with Crippen LogP contribution in [0, 0.1) is 36.5 Å². The largest absolute Gasteiger partial charge is 0.545 e. The van der Waals surface area contributed by atoms with Crippen molar-refractivity contribution in [3.8, 4) is 63.4 Å². The highest BCUT2D eigenvalue weighted by Crippen LogP contribution is 2.68. The molecule has 6 heterocycles. The number of nitrogens with one attached hydrogen (secondary N) is 3. The molecule has 2 fully saturated rings. The molecule has 9 aromatic rings. The minimum absolute atomic E-state index is 0.0327. The zero-order chi connectivity index (χ0) is 106. The molecule has 0 saturated carbocycles. The monoisotopic (exact) mass is 2160 g/mol. The Balaban J connectivity index is 0.000000244. The second-order valence-corrected chi connectivity index (χ2v) is 42.8.